The van der Waals surface area contributed by atoms with Gasteiger partial charge in [-0.05, 0) is 49.9 Å². The number of nitrogens with zero attached hydrogens (tertiary/aromatic N) is 1. The summed E-state index contributed by atoms with van der Waals surface area (Å²) < 4.78 is 5.14. The van der Waals surface area contributed by atoms with Gasteiger partial charge in [-0.1, -0.05) is 23.8 Å². The molecule has 1 aliphatic rings. The number of aryl methyl sites for hydroxylation is 3. The lowest BCUT2D eigenvalue weighted by Gasteiger charge is -2.16. The number of ether oxygens (including phenoxy) is 1. The summed E-state index contributed by atoms with van der Waals surface area (Å²) in [5.74, 6) is -0.373. The molecular formula is C21H23NO3. The van der Waals surface area contributed by atoms with E-state index in [1.807, 2.05) is 45.0 Å². The third-order valence-electron chi connectivity index (χ3n) is 4.93. The molecule has 2 unspecified atom stereocenters. The summed E-state index contributed by atoms with van der Waals surface area (Å²) in [4.78, 5) is 30.0. The van der Waals surface area contributed by atoms with E-state index in [1.54, 1.807) is 13.2 Å². The number of benzene rings is 1. The van der Waals surface area contributed by atoms with E-state index in [4.69, 9.17) is 4.74 Å². The van der Waals surface area contributed by atoms with Gasteiger partial charge in [0.05, 0.1) is 7.11 Å². The van der Waals surface area contributed by atoms with Crippen LogP contribution < -0.4 is 4.74 Å². The summed E-state index contributed by atoms with van der Waals surface area (Å²) in [5, 5.41) is 0. The van der Waals surface area contributed by atoms with Gasteiger partial charge in [0.15, 0.2) is 5.78 Å². The van der Waals surface area contributed by atoms with Crippen LogP contribution in [0.25, 0.3) is 0 Å². The zero-order chi connectivity index (χ0) is 18.1. The Morgan fingerprint density at radius 1 is 1.12 bits per heavy atom. The number of carbonyl (C=O) groups excluding carboxylic acids is 2. The Kier molecular flexibility index (Phi) is 4.71. The van der Waals surface area contributed by atoms with Crippen LogP contribution in [0.4, 0.5) is 0 Å². The van der Waals surface area contributed by atoms with Gasteiger partial charge in [-0.15, -0.1) is 0 Å². The molecule has 0 amide bonds. The van der Waals surface area contributed by atoms with Crippen LogP contribution in [0.15, 0.2) is 30.3 Å². The summed E-state index contributed by atoms with van der Waals surface area (Å²) >= 11 is 0. The molecule has 0 bridgehead atoms. The molecule has 1 heterocycles. The molecule has 4 nitrogen and oxygen atoms in total. The number of carbonyl (C=O) groups is 2. The molecule has 0 spiro atoms. The van der Waals surface area contributed by atoms with Gasteiger partial charge in [0.25, 0.3) is 0 Å². The number of Topliss-reactive ketones (excluding diaryl/α,β-unsaturated/α-hetero) is 2. The molecule has 3 rings (SSSR count). The van der Waals surface area contributed by atoms with Crippen molar-refractivity contribution in [2.45, 2.75) is 39.5 Å². The number of pyridine rings is 1. The van der Waals surface area contributed by atoms with Crippen molar-refractivity contribution in [2.24, 2.45) is 5.92 Å². The molecule has 130 valence electrons. The number of aromatic nitrogens is 1. The van der Waals surface area contributed by atoms with E-state index in [0.717, 1.165) is 27.9 Å². The summed E-state index contributed by atoms with van der Waals surface area (Å²) in [5.41, 5.74) is 4.85. The lowest BCUT2D eigenvalue weighted by Crippen LogP contribution is -2.19. The van der Waals surface area contributed by atoms with E-state index >= 15 is 0 Å². The van der Waals surface area contributed by atoms with Crippen LogP contribution in [0.1, 0.15) is 40.3 Å². The van der Waals surface area contributed by atoms with Crippen molar-refractivity contribution in [1.82, 2.24) is 4.98 Å². The maximum Gasteiger partial charge on any atom is 0.213 e. The maximum atomic E-state index is 13.0. The van der Waals surface area contributed by atoms with Crippen molar-refractivity contribution < 1.29 is 14.3 Å². The van der Waals surface area contributed by atoms with Gasteiger partial charge in [-0.3, -0.25) is 9.59 Å². The summed E-state index contributed by atoms with van der Waals surface area (Å²) in [6.45, 7) is 5.99. The Hall–Kier alpha value is -2.49. The minimum Gasteiger partial charge on any atom is -0.481 e. The molecule has 0 radical (unpaired) electrons. The minimum atomic E-state index is -0.629. The third-order valence-corrected chi connectivity index (χ3v) is 4.93. The molecule has 0 aliphatic heterocycles. The van der Waals surface area contributed by atoms with E-state index < -0.39 is 5.92 Å². The Balaban J connectivity index is 1.88. The van der Waals surface area contributed by atoms with E-state index in [9.17, 15) is 9.59 Å². The molecule has 1 aliphatic carbocycles. The van der Waals surface area contributed by atoms with Crippen molar-refractivity contribution >= 4 is 11.6 Å². The van der Waals surface area contributed by atoms with Crippen LogP contribution in [-0.2, 0) is 16.0 Å². The Bertz CT molecular complexity index is 818. The Morgan fingerprint density at radius 3 is 2.44 bits per heavy atom. The van der Waals surface area contributed by atoms with Crippen molar-refractivity contribution in [3.63, 3.8) is 0 Å². The fourth-order valence-corrected chi connectivity index (χ4v) is 3.92. The van der Waals surface area contributed by atoms with Gasteiger partial charge >= 0.3 is 0 Å². The van der Waals surface area contributed by atoms with Crippen LogP contribution in [0.2, 0.25) is 0 Å². The standard InChI is InChI=1S/C21H23NO3/c1-12-8-13(2)19(14(3)9-12)20-17(23)11-15(21(20)24)10-16-6-5-7-18(22-16)25-4/h5-9,15,20H,10-11H2,1-4H3. The number of methoxy groups -OCH3 is 1. The van der Waals surface area contributed by atoms with E-state index in [-0.39, 0.29) is 23.9 Å². The first kappa shape index (κ1) is 17.3. The van der Waals surface area contributed by atoms with Crippen molar-refractivity contribution in [2.75, 3.05) is 7.11 Å². The van der Waals surface area contributed by atoms with Gasteiger partial charge < -0.3 is 4.74 Å². The molecule has 4 heteroatoms. The zero-order valence-electron chi connectivity index (χ0n) is 15.1. The second kappa shape index (κ2) is 6.79. The van der Waals surface area contributed by atoms with Crippen molar-refractivity contribution in [1.29, 1.82) is 0 Å². The van der Waals surface area contributed by atoms with Crippen LogP contribution >= 0.6 is 0 Å². The minimum absolute atomic E-state index is 0.0182. The van der Waals surface area contributed by atoms with Gasteiger partial charge in [0.2, 0.25) is 5.88 Å². The first-order valence-electron chi connectivity index (χ1n) is 8.54. The van der Waals surface area contributed by atoms with Crippen molar-refractivity contribution in [3.05, 3.63) is 58.3 Å². The van der Waals surface area contributed by atoms with Gasteiger partial charge in [0.1, 0.15) is 11.7 Å². The molecule has 0 N–H and O–H groups in total. The maximum absolute atomic E-state index is 13.0. The normalized spacial score (nSPS) is 20.2. The van der Waals surface area contributed by atoms with Crippen LogP contribution in [-0.4, -0.2) is 23.7 Å². The third kappa shape index (κ3) is 3.34. The second-order valence-electron chi connectivity index (χ2n) is 6.89. The first-order valence-corrected chi connectivity index (χ1v) is 8.54. The number of ketones is 2. The highest BCUT2D eigenvalue weighted by Crippen LogP contribution is 2.37. The molecule has 1 aromatic carbocycles. The van der Waals surface area contributed by atoms with Gasteiger partial charge in [-0.25, -0.2) is 4.98 Å². The lowest BCUT2D eigenvalue weighted by atomic mass is 9.86. The monoisotopic (exact) mass is 337 g/mol. The lowest BCUT2D eigenvalue weighted by molar-refractivity contribution is -0.124. The number of hydrogen-bond donors (Lipinski definition) is 0. The topological polar surface area (TPSA) is 56.3 Å². The largest absolute Gasteiger partial charge is 0.481 e. The number of rotatable bonds is 4. The zero-order valence-corrected chi connectivity index (χ0v) is 15.1. The molecule has 1 fully saturated rings. The molecule has 1 aromatic heterocycles. The Labute approximate surface area is 148 Å². The van der Waals surface area contributed by atoms with E-state index in [2.05, 4.69) is 4.98 Å². The molecule has 2 atom stereocenters. The number of hydrogen-bond acceptors (Lipinski definition) is 4. The van der Waals surface area contributed by atoms with E-state index in [0.29, 0.717) is 12.3 Å². The predicted molar refractivity (Wildman–Crippen MR) is 96.0 cm³/mol. The second-order valence-corrected chi connectivity index (χ2v) is 6.89. The molecule has 1 saturated carbocycles. The summed E-state index contributed by atoms with van der Waals surface area (Å²) in [7, 11) is 1.56. The summed E-state index contributed by atoms with van der Waals surface area (Å²) in [6, 6.07) is 9.58. The van der Waals surface area contributed by atoms with Crippen LogP contribution in [0.5, 0.6) is 5.88 Å². The fourth-order valence-electron chi connectivity index (χ4n) is 3.92. The smallest absolute Gasteiger partial charge is 0.213 e. The van der Waals surface area contributed by atoms with Crippen LogP contribution in [0, 0.1) is 26.7 Å². The summed E-state index contributed by atoms with van der Waals surface area (Å²) in [6.07, 6.45) is 0.761. The average Bonchev–Trinajstić information content (AvgIpc) is 2.82. The van der Waals surface area contributed by atoms with Gasteiger partial charge in [-0.2, -0.15) is 0 Å². The highest BCUT2D eigenvalue weighted by Gasteiger charge is 2.43. The SMILES string of the molecule is COc1cccc(CC2CC(=O)C(c3c(C)cc(C)cc3C)C2=O)n1. The van der Waals surface area contributed by atoms with E-state index in [1.165, 1.54) is 0 Å². The van der Waals surface area contributed by atoms with Crippen molar-refractivity contribution in [3.8, 4) is 5.88 Å². The molecule has 0 saturated heterocycles. The molecule has 25 heavy (non-hydrogen) atoms. The highest BCUT2D eigenvalue weighted by atomic mass is 16.5. The quantitative estimate of drug-likeness (QED) is 0.801. The first-order chi connectivity index (χ1) is 11.9. The predicted octanol–water partition coefficient (Wildman–Crippen LogP) is 3.50. The van der Waals surface area contributed by atoms with Gasteiger partial charge in [0, 0.05) is 24.1 Å². The highest BCUT2D eigenvalue weighted by molar-refractivity contribution is 6.15. The fraction of sp³-hybridized carbons (Fsp3) is 0.381. The average molecular weight is 337 g/mol. The Morgan fingerprint density at radius 2 is 1.80 bits per heavy atom. The molecular weight excluding hydrogens is 314 g/mol. The van der Waals surface area contributed by atoms with Crippen LogP contribution in [0.3, 0.4) is 0 Å². The molecule has 2 aromatic rings.